The van der Waals surface area contributed by atoms with Crippen LogP contribution in [-0.2, 0) is 33.6 Å². The van der Waals surface area contributed by atoms with E-state index in [9.17, 15) is 68.6 Å². The number of aryl methyl sites for hydroxylation is 6. The largest absolute Gasteiger partial charge is 0.504 e. The Balaban J connectivity index is 0.000000876. The number of hydrogen-bond donors (Lipinski definition) is 6. The van der Waals surface area contributed by atoms with Gasteiger partial charge in [-0.05, 0) is 387 Å². The van der Waals surface area contributed by atoms with Crippen molar-refractivity contribution in [3.05, 3.63) is 291 Å². The smallest absolute Gasteiger partial charge is 0.194 e. The number of phenolic OH excluding ortho intramolecular Hbond substituents is 6. The number of aromatic hydroxyl groups is 6. The summed E-state index contributed by atoms with van der Waals surface area (Å²) in [5.41, 5.74) is 10.2. The summed E-state index contributed by atoms with van der Waals surface area (Å²) in [6.07, 6.45) is 76.2. The first-order valence-electron chi connectivity index (χ1n) is 52.7. The van der Waals surface area contributed by atoms with Gasteiger partial charge >= 0.3 is 0 Å². The van der Waals surface area contributed by atoms with Gasteiger partial charge in [0.05, 0.1) is 55.4 Å². The van der Waals surface area contributed by atoms with Gasteiger partial charge in [0.2, 0.25) is 0 Å². The van der Waals surface area contributed by atoms with Gasteiger partial charge in [0.1, 0.15) is 0 Å². The lowest BCUT2D eigenvalue weighted by Crippen LogP contribution is -1.99. The molecular weight excluding hydrogens is 1890 g/mol. The average molecular weight is 2060 g/mol. The molecule has 0 atom stereocenters. The Morgan fingerprint density at radius 3 is 0.747 bits per heavy atom. The molecule has 0 bridgehead atoms. The molecule has 0 aliphatic carbocycles. The number of unbranched alkanes of at least 4 members (excludes halogenated alkanes) is 18. The van der Waals surface area contributed by atoms with E-state index in [2.05, 4.69) is 48.5 Å². The Bertz CT molecular complexity index is 5560. The van der Waals surface area contributed by atoms with E-state index in [4.69, 9.17) is 37.9 Å². The molecule has 7 aromatic rings. The van der Waals surface area contributed by atoms with Crippen LogP contribution < -0.4 is 37.9 Å². The highest BCUT2D eigenvalue weighted by molar-refractivity contribution is 6.05. The third kappa shape index (κ3) is 59.1. The number of methoxy groups -OCH3 is 5. The average Bonchev–Trinajstić information content (AvgIpc) is 0.848. The Kier molecular flexibility index (Phi) is 73.7. The molecule has 0 spiro atoms. The molecule has 0 unspecified atom stereocenters. The molecule has 0 aromatic heterocycles. The van der Waals surface area contributed by atoms with Gasteiger partial charge in [0.25, 0.3) is 0 Å². The first kappa shape index (κ1) is 134. The minimum atomic E-state index is -0.781. The number of ketones is 7. The third-order valence-corrected chi connectivity index (χ3v) is 22.2. The van der Waals surface area contributed by atoms with Gasteiger partial charge in [0.15, 0.2) is 127 Å². The fourth-order valence-electron chi connectivity index (χ4n) is 13.9. The van der Waals surface area contributed by atoms with E-state index in [1.807, 2.05) is 133 Å². The van der Waals surface area contributed by atoms with Gasteiger partial charge in [-0.2, -0.15) is 0 Å². The third-order valence-electron chi connectivity index (χ3n) is 22.2. The van der Waals surface area contributed by atoms with Crippen molar-refractivity contribution < 1.29 is 106 Å². The molecule has 7 rings (SSSR count). The predicted octanol–water partition coefficient (Wildman–Crippen LogP) is 31.9. The summed E-state index contributed by atoms with van der Waals surface area (Å²) in [5, 5.41) is 57.9. The number of carbonyl (C=O) groups is 7. The van der Waals surface area contributed by atoms with Crippen LogP contribution in [0, 0.1) is 47.4 Å². The van der Waals surface area contributed by atoms with Crippen LogP contribution in [-0.4, -0.2) is 126 Å². The number of allylic oxidation sites excluding steroid dienone is 21. The molecule has 7 aromatic carbocycles. The molecule has 0 fully saturated rings. The van der Waals surface area contributed by atoms with E-state index < -0.39 is 11.6 Å². The molecule has 21 nitrogen and oxygen atoms in total. The zero-order valence-corrected chi connectivity index (χ0v) is 93.1. The molecule has 22 heteroatoms. The Morgan fingerprint density at radius 2 is 0.473 bits per heavy atom. The molecule has 0 heterocycles. The van der Waals surface area contributed by atoms with Crippen molar-refractivity contribution in [2.75, 3.05) is 55.4 Å². The van der Waals surface area contributed by atoms with Gasteiger partial charge in [-0.15, -0.1) is 0 Å². The maximum Gasteiger partial charge on any atom is 0.194 e. The van der Waals surface area contributed by atoms with Crippen LogP contribution in [0.1, 0.15) is 315 Å². The topological polar surface area (TPSA) is 315 Å². The second-order valence-corrected chi connectivity index (χ2v) is 35.4. The highest BCUT2D eigenvalue weighted by Gasteiger charge is 2.16. The van der Waals surface area contributed by atoms with Crippen molar-refractivity contribution in [3.63, 3.8) is 0 Å². The minimum absolute atomic E-state index is 0.00364. The van der Waals surface area contributed by atoms with Gasteiger partial charge in [-0.1, -0.05) is 224 Å². The molecular formula is C128H171FO21. The first-order valence-corrected chi connectivity index (χ1v) is 52.7. The summed E-state index contributed by atoms with van der Waals surface area (Å²) in [7, 11) is 7.71. The Hall–Kier alpha value is -14.3. The monoisotopic (exact) mass is 2060 g/mol. The van der Waals surface area contributed by atoms with Gasteiger partial charge in [0, 0.05) is 0 Å². The quantitative estimate of drug-likeness (QED) is 0.0117. The molecule has 0 saturated heterocycles. The van der Waals surface area contributed by atoms with Crippen molar-refractivity contribution in [2.45, 2.75) is 284 Å². The summed E-state index contributed by atoms with van der Waals surface area (Å²) in [4.78, 5) is 81.9. The fraction of sp³-hybridized carbons (Fsp3) is 0.398. The zero-order valence-electron chi connectivity index (χ0n) is 93.1. The molecule has 6 N–H and O–H groups in total. The van der Waals surface area contributed by atoms with Crippen LogP contribution >= 0.6 is 0 Å². The zero-order chi connectivity index (χ0) is 112. The SMILES string of the molecule is CC/C=C/C(=O)/C=C/c1cc(C)c(O)c(OCC)c1.CCCCC/C=C\C(=O)/C=C/c1cc(C)c(O)c(O)c1.CCCCC/C=C\C(=O)/C=C/c1cc(C)c(O)c(OC)c1.CCCCC/C=C\C(=O)/C=C/c1cc(C)c(O)c(OCCC)c1.CCCCC/C=C\C(=O)/C=C/c1cc(C)c(OC)c(OC)c1.CCCCC/C=C\C(=O)/C=C/c1cc(C)c(OC)c(OCCC)c1.CCCCC/C=C\C(=O)/C=C/c1cc(F)c(O)c(OC)c1. The number of carbonyl (C=O) groups excluding carboxylic acids is 7. The molecule has 150 heavy (non-hydrogen) atoms. The van der Waals surface area contributed by atoms with Crippen LogP contribution in [0.3, 0.4) is 0 Å². The highest BCUT2D eigenvalue weighted by atomic mass is 19.1. The van der Waals surface area contributed by atoms with E-state index in [1.165, 1.54) is 127 Å². The molecule has 0 aliphatic heterocycles. The van der Waals surface area contributed by atoms with Gasteiger partial charge < -0.3 is 68.5 Å². The minimum Gasteiger partial charge on any atom is -0.504 e. The molecule has 0 radical (unpaired) electrons. The van der Waals surface area contributed by atoms with Crippen molar-refractivity contribution >= 4 is 83.0 Å². The van der Waals surface area contributed by atoms with E-state index in [0.29, 0.717) is 59.5 Å². The van der Waals surface area contributed by atoms with Crippen LogP contribution in [0.5, 0.6) is 80.5 Å². The van der Waals surface area contributed by atoms with Crippen LogP contribution in [0.25, 0.3) is 42.5 Å². The van der Waals surface area contributed by atoms with E-state index in [0.717, 1.165) is 188 Å². The number of rotatable bonds is 59. The lowest BCUT2D eigenvalue weighted by Gasteiger charge is -2.13. The predicted molar refractivity (Wildman–Crippen MR) is 616 cm³/mol. The van der Waals surface area contributed by atoms with Crippen LogP contribution in [0.4, 0.5) is 4.39 Å². The van der Waals surface area contributed by atoms with E-state index >= 15 is 0 Å². The molecule has 816 valence electrons. The normalized spacial score (nSPS) is 11.4. The van der Waals surface area contributed by atoms with Crippen molar-refractivity contribution in [3.8, 4) is 80.5 Å². The summed E-state index contributed by atoms with van der Waals surface area (Å²) in [6, 6.07) is 24.1. The van der Waals surface area contributed by atoms with Crippen LogP contribution in [0.15, 0.2) is 213 Å². The van der Waals surface area contributed by atoms with Crippen molar-refractivity contribution in [2.24, 2.45) is 0 Å². The number of ether oxygens (including phenoxy) is 8. The van der Waals surface area contributed by atoms with E-state index in [-0.39, 0.29) is 75.0 Å². The Labute approximate surface area is 895 Å². The number of benzene rings is 7. The Morgan fingerprint density at radius 1 is 0.240 bits per heavy atom. The lowest BCUT2D eigenvalue weighted by atomic mass is 10.1. The molecule has 0 aliphatic rings. The number of hydrogen-bond acceptors (Lipinski definition) is 21. The van der Waals surface area contributed by atoms with Crippen LogP contribution in [0.2, 0.25) is 0 Å². The van der Waals surface area contributed by atoms with Crippen molar-refractivity contribution in [1.82, 2.24) is 0 Å². The van der Waals surface area contributed by atoms with Gasteiger partial charge in [-0.3, -0.25) is 33.6 Å². The fourth-order valence-corrected chi connectivity index (χ4v) is 13.9. The second kappa shape index (κ2) is 82.7. The number of phenols is 6. The maximum absolute atomic E-state index is 13.4. The first-order chi connectivity index (χ1) is 72.1. The highest BCUT2D eigenvalue weighted by Crippen LogP contribution is 2.38. The van der Waals surface area contributed by atoms with E-state index in [1.54, 1.807) is 151 Å². The summed E-state index contributed by atoms with van der Waals surface area (Å²) < 4.78 is 56.0. The summed E-state index contributed by atoms with van der Waals surface area (Å²) >= 11 is 0. The lowest BCUT2D eigenvalue weighted by molar-refractivity contribution is -0.111. The molecule has 0 amide bonds. The summed E-state index contributed by atoms with van der Waals surface area (Å²) in [5.74, 6) is 2.75. The molecule has 0 saturated carbocycles. The second-order valence-electron chi connectivity index (χ2n) is 35.4. The van der Waals surface area contributed by atoms with Crippen molar-refractivity contribution in [1.29, 1.82) is 0 Å². The maximum atomic E-state index is 13.4. The standard InChI is InChI=1S/C21H30O3.C20H28O3.C19H26O3.C18H24O3.C17H21FO3.C17H22O3.C16H20O3/c1-5-7-8-9-10-11-19(22)13-12-18-15-17(3)21(23-4)20(16-18)24-14-6-2;1-4-6-7-8-9-10-18(21)12-11-17-14-16(3)20(22)19(15-17)23-13-5-2;1-5-6-7-8-9-10-17(20)12-11-16-13-15(2)19(22-4)18(14-16)21-3;1-4-5-6-7-8-9-16(19)11-10-15-12-14(2)18(20)17(13-15)21-3;1-3-4-5-6-7-8-14(19)10-9-13-11-15(18)17(20)16(12-13)21-2;1-3-4-5-6-7-8-15(18)10-9-14-11-13(2)17(20)16(19)12-14;1-4-6-7-14(17)9-8-13-10-12(3)16(18)15(11-13)19-5-2/h10-13,15-16H,5-9,14H2,1-4H3;9-12,14-15,22H,4-8,13H2,1-3H3;9-14H,5-8H2,1-4H3;8-13,20H,4-7H2,1-3H3;7-12,20H,3-6H2,1-2H3;7-12,19-20H,3-6H2,1-2H3;6-11,18H,4-5H2,1-3H3/b11-10-,13-12+;2*10-9-,12-11+;9-8-,11-10+;2*8-7-,10-9+;7-6+,9-8+. The summed E-state index contributed by atoms with van der Waals surface area (Å²) in [6.45, 7) is 33.6. The number of halogens is 1. The van der Waals surface area contributed by atoms with Gasteiger partial charge in [-0.25, -0.2) is 4.39 Å².